The lowest BCUT2D eigenvalue weighted by atomic mass is 10.1. The smallest absolute Gasteiger partial charge is 0.251 e. The summed E-state index contributed by atoms with van der Waals surface area (Å²) in [4.78, 5) is 14.5. The molecule has 0 radical (unpaired) electrons. The second-order valence-corrected chi connectivity index (χ2v) is 5.50. The maximum Gasteiger partial charge on any atom is 0.251 e. The summed E-state index contributed by atoms with van der Waals surface area (Å²) in [6.45, 7) is 2.58. The number of nitrogens with zero attached hydrogens (tertiary/aromatic N) is 1. The number of rotatable bonds is 5. The summed E-state index contributed by atoms with van der Waals surface area (Å²) in [6.07, 6.45) is 2.53. The molecule has 1 fully saturated rings. The lowest BCUT2D eigenvalue weighted by Gasteiger charge is -2.24. The zero-order valence-electron chi connectivity index (χ0n) is 12.6. The second kappa shape index (κ2) is 7.26. The zero-order valence-corrected chi connectivity index (χ0v) is 12.6. The van der Waals surface area contributed by atoms with Gasteiger partial charge in [-0.3, -0.25) is 9.69 Å². The van der Waals surface area contributed by atoms with E-state index in [0.29, 0.717) is 24.2 Å². The molecule has 112 valence electrons. The largest absolute Gasteiger partial charge is 0.384 e. The highest BCUT2D eigenvalue weighted by Crippen LogP contribution is 2.26. The van der Waals surface area contributed by atoms with Gasteiger partial charge in [0.2, 0.25) is 0 Å². The third-order valence-corrected chi connectivity index (χ3v) is 3.81. The van der Waals surface area contributed by atoms with Crippen LogP contribution in [0.2, 0.25) is 0 Å². The minimum atomic E-state index is -0.179. The van der Waals surface area contributed by atoms with Crippen LogP contribution in [-0.2, 0) is 0 Å². The molecule has 21 heavy (non-hydrogen) atoms. The molecule has 0 aliphatic heterocycles. The lowest BCUT2D eigenvalue weighted by molar-refractivity contribution is 0.0939. The maximum absolute atomic E-state index is 12.2. The average molecular weight is 286 g/mol. The van der Waals surface area contributed by atoms with Crippen LogP contribution < -0.4 is 5.32 Å². The molecule has 2 N–H and O–H groups in total. The lowest BCUT2D eigenvalue weighted by Crippen LogP contribution is -2.41. The molecule has 1 amide bonds. The van der Waals surface area contributed by atoms with E-state index in [1.165, 1.54) is 12.8 Å². The average Bonchev–Trinajstić information content (AvgIpc) is 3.34. The standard InChI is InChI=1S/C17H22N2O2/c1-13(19(2)16-8-9-16)12-18-17(21)15-7-3-5-14(11-15)6-4-10-20/h3,5,7,11,13,16,20H,8-10,12H2,1-2H3,(H,18,21). The van der Waals surface area contributed by atoms with Crippen LogP contribution in [0.3, 0.4) is 0 Å². The minimum Gasteiger partial charge on any atom is -0.384 e. The van der Waals surface area contributed by atoms with Gasteiger partial charge in [-0.1, -0.05) is 17.9 Å². The van der Waals surface area contributed by atoms with Crippen molar-refractivity contribution in [2.75, 3.05) is 20.2 Å². The number of hydrogen-bond acceptors (Lipinski definition) is 3. The van der Waals surface area contributed by atoms with Crippen LogP contribution in [-0.4, -0.2) is 48.2 Å². The molecule has 0 bridgehead atoms. The van der Waals surface area contributed by atoms with Crippen LogP contribution in [0.5, 0.6) is 0 Å². The van der Waals surface area contributed by atoms with E-state index in [9.17, 15) is 4.79 Å². The van der Waals surface area contributed by atoms with Crippen LogP contribution in [0.1, 0.15) is 35.7 Å². The molecule has 2 rings (SSSR count). The molecule has 0 heterocycles. The number of carbonyl (C=O) groups excluding carboxylic acids is 1. The Kier molecular flexibility index (Phi) is 5.38. The number of benzene rings is 1. The Labute approximate surface area is 126 Å². The molecule has 0 spiro atoms. The van der Waals surface area contributed by atoms with Gasteiger partial charge in [0.15, 0.2) is 0 Å². The van der Waals surface area contributed by atoms with Gasteiger partial charge in [-0.2, -0.15) is 0 Å². The van der Waals surface area contributed by atoms with E-state index in [0.717, 1.165) is 5.56 Å². The fraction of sp³-hybridized carbons (Fsp3) is 0.471. The van der Waals surface area contributed by atoms with Crippen LogP contribution in [0.25, 0.3) is 0 Å². The number of hydrogen-bond donors (Lipinski definition) is 2. The van der Waals surface area contributed by atoms with Gasteiger partial charge < -0.3 is 10.4 Å². The van der Waals surface area contributed by atoms with Crippen LogP contribution >= 0.6 is 0 Å². The van der Waals surface area contributed by atoms with Gasteiger partial charge in [-0.05, 0) is 45.0 Å². The van der Waals surface area contributed by atoms with E-state index in [4.69, 9.17) is 5.11 Å². The van der Waals surface area contributed by atoms with Gasteiger partial charge in [0, 0.05) is 29.8 Å². The molecular formula is C17H22N2O2. The molecule has 0 saturated heterocycles. The van der Waals surface area contributed by atoms with Crippen molar-refractivity contribution >= 4 is 5.91 Å². The predicted molar refractivity (Wildman–Crippen MR) is 83.0 cm³/mol. The molecule has 1 saturated carbocycles. The van der Waals surface area contributed by atoms with Gasteiger partial charge >= 0.3 is 0 Å². The topological polar surface area (TPSA) is 52.6 Å². The first-order valence-corrected chi connectivity index (χ1v) is 7.31. The molecule has 4 heteroatoms. The fourth-order valence-corrected chi connectivity index (χ4v) is 2.21. The van der Waals surface area contributed by atoms with Gasteiger partial charge in [-0.15, -0.1) is 0 Å². The Bertz CT molecular complexity index is 555. The predicted octanol–water partition coefficient (Wildman–Crippen LogP) is 1.24. The number of amides is 1. The van der Waals surface area contributed by atoms with Crippen molar-refractivity contribution in [3.63, 3.8) is 0 Å². The van der Waals surface area contributed by atoms with Gasteiger partial charge in [-0.25, -0.2) is 0 Å². The summed E-state index contributed by atoms with van der Waals surface area (Å²) in [5.74, 6) is 5.31. The highest BCUT2D eigenvalue weighted by molar-refractivity contribution is 5.94. The SMILES string of the molecule is CC(CNC(=O)c1cccc(C#CCO)c1)N(C)C1CC1. The maximum atomic E-state index is 12.2. The van der Waals surface area contributed by atoms with Crippen LogP contribution in [0.15, 0.2) is 24.3 Å². The number of aliphatic hydroxyl groups is 1. The summed E-state index contributed by atoms with van der Waals surface area (Å²) in [5, 5.41) is 11.7. The molecule has 1 unspecified atom stereocenters. The van der Waals surface area contributed by atoms with Crippen molar-refractivity contribution in [1.29, 1.82) is 0 Å². The monoisotopic (exact) mass is 286 g/mol. The van der Waals surface area contributed by atoms with Crippen molar-refractivity contribution in [1.82, 2.24) is 10.2 Å². The number of nitrogens with one attached hydrogen (secondary N) is 1. The highest BCUT2D eigenvalue weighted by Gasteiger charge is 2.29. The highest BCUT2D eigenvalue weighted by atomic mass is 16.2. The normalized spacial score (nSPS) is 15.2. The van der Waals surface area contributed by atoms with Crippen LogP contribution in [0.4, 0.5) is 0 Å². The van der Waals surface area contributed by atoms with Crippen molar-refractivity contribution < 1.29 is 9.90 Å². The first-order valence-electron chi connectivity index (χ1n) is 7.31. The van der Waals surface area contributed by atoms with Crippen molar-refractivity contribution in [2.45, 2.75) is 31.8 Å². The van der Waals surface area contributed by atoms with Crippen molar-refractivity contribution in [3.05, 3.63) is 35.4 Å². The Morgan fingerprint density at radius 1 is 1.52 bits per heavy atom. The molecular weight excluding hydrogens is 264 g/mol. The number of likely N-dealkylation sites (N-methyl/N-ethyl adjacent to an activating group) is 1. The van der Waals surface area contributed by atoms with E-state index < -0.39 is 0 Å². The van der Waals surface area contributed by atoms with E-state index in [1.54, 1.807) is 18.2 Å². The Morgan fingerprint density at radius 2 is 2.29 bits per heavy atom. The number of aliphatic hydroxyl groups excluding tert-OH is 1. The van der Waals surface area contributed by atoms with Gasteiger partial charge in [0.25, 0.3) is 5.91 Å². The summed E-state index contributed by atoms with van der Waals surface area (Å²) in [5.41, 5.74) is 1.33. The second-order valence-electron chi connectivity index (χ2n) is 5.50. The summed E-state index contributed by atoms with van der Waals surface area (Å²) in [6, 6.07) is 8.16. The third kappa shape index (κ3) is 4.59. The summed E-state index contributed by atoms with van der Waals surface area (Å²) in [7, 11) is 2.11. The Hall–Kier alpha value is -1.83. The Morgan fingerprint density at radius 3 is 2.95 bits per heavy atom. The zero-order chi connectivity index (χ0) is 15.2. The van der Waals surface area contributed by atoms with Crippen molar-refractivity contribution in [2.24, 2.45) is 0 Å². The number of carbonyl (C=O) groups is 1. The molecule has 1 atom stereocenters. The quantitative estimate of drug-likeness (QED) is 0.801. The van der Waals surface area contributed by atoms with E-state index in [1.807, 2.05) is 6.07 Å². The molecule has 4 nitrogen and oxygen atoms in total. The third-order valence-electron chi connectivity index (χ3n) is 3.81. The van der Waals surface area contributed by atoms with E-state index >= 15 is 0 Å². The minimum absolute atomic E-state index is 0.0845. The molecule has 1 aromatic carbocycles. The van der Waals surface area contributed by atoms with Gasteiger partial charge in [0.05, 0.1) is 0 Å². The summed E-state index contributed by atoms with van der Waals surface area (Å²) >= 11 is 0. The fourth-order valence-electron chi connectivity index (χ4n) is 2.21. The first kappa shape index (κ1) is 15.6. The first-order chi connectivity index (χ1) is 10.1. The summed E-state index contributed by atoms with van der Waals surface area (Å²) < 4.78 is 0. The molecule has 1 aromatic rings. The van der Waals surface area contributed by atoms with Crippen molar-refractivity contribution in [3.8, 4) is 11.8 Å². The van der Waals surface area contributed by atoms with Gasteiger partial charge in [0.1, 0.15) is 6.61 Å². The molecule has 1 aliphatic carbocycles. The van der Waals surface area contributed by atoms with E-state index in [2.05, 4.69) is 36.0 Å². The molecule has 1 aliphatic rings. The molecule has 0 aromatic heterocycles. The Balaban J connectivity index is 1.90. The van der Waals surface area contributed by atoms with E-state index in [-0.39, 0.29) is 12.5 Å². The van der Waals surface area contributed by atoms with Crippen LogP contribution in [0, 0.1) is 11.8 Å².